The minimum absolute atomic E-state index is 0.0537. The van der Waals surface area contributed by atoms with Crippen LogP contribution in [0, 0.1) is 0 Å². The van der Waals surface area contributed by atoms with Gasteiger partial charge in [0.25, 0.3) is 5.91 Å². The highest BCUT2D eigenvalue weighted by Gasteiger charge is 2.30. The molecule has 1 aromatic carbocycles. The van der Waals surface area contributed by atoms with E-state index in [-0.39, 0.29) is 5.91 Å². The van der Waals surface area contributed by atoms with Crippen molar-refractivity contribution in [3.63, 3.8) is 0 Å². The lowest BCUT2D eigenvalue weighted by molar-refractivity contribution is -0.917. The number of carbonyl (C=O) groups is 1. The van der Waals surface area contributed by atoms with Crippen molar-refractivity contribution in [2.75, 3.05) is 51.7 Å². The summed E-state index contributed by atoms with van der Waals surface area (Å²) in [6.07, 6.45) is 17.9. The molecule has 1 saturated heterocycles. The maximum Gasteiger partial charge on any atom is 0.251 e. The highest BCUT2D eigenvalue weighted by Crippen LogP contribution is 2.22. The van der Waals surface area contributed by atoms with E-state index >= 15 is 0 Å². The van der Waals surface area contributed by atoms with Crippen molar-refractivity contribution in [3.8, 4) is 0 Å². The van der Waals surface area contributed by atoms with Crippen LogP contribution in [0.15, 0.2) is 24.3 Å². The average molecular weight is 445 g/mol. The molecule has 1 aromatic rings. The van der Waals surface area contributed by atoms with Crippen molar-refractivity contribution >= 4 is 11.6 Å². The standard InChI is InChI=1S/C28H49N3O/c1-4-5-6-7-8-9-10-11-12-13-22-31(23-14-15-24-31)25-16-21-29-28(32)26-17-19-27(20-18-26)30(2)3/h17-20H,4-16,21-25H2,1-3H3/p+1. The van der Waals surface area contributed by atoms with Crippen molar-refractivity contribution in [3.05, 3.63) is 29.8 Å². The van der Waals surface area contributed by atoms with Crippen LogP contribution in [0.5, 0.6) is 0 Å². The number of nitrogens with one attached hydrogen (secondary N) is 1. The zero-order valence-electron chi connectivity index (χ0n) is 21.3. The van der Waals surface area contributed by atoms with Gasteiger partial charge >= 0.3 is 0 Å². The van der Waals surface area contributed by atoms with E-state index in [0.29, 0.717) is 0 Å². The number of likely N-dealkylation sites (tertiary alicyclic amines) is 1. The van der Waals surface area contributed by atoms with E-state index in [2.05, 4.69) is 17.1 Å². The number of amides is 1. The lowest BCUT2D eigenvalue weighted by Gasteiger charge is -2.34. The maximum atomic E-state index is 12.4. The van der Waals surface area contributed by atoms with Crippen LogP contribution in [0.1, 0.15) is 101 Å². The first-order chi connectivity index (χ1) is 15.6. The Morgan fingerprint density at radius 2 is 1.34 bits per heavy atom. The fourth-order valence-electron chi connectivity index (χ4n) is 5.13. The SMILES string of the molecule is CCCCCCCCCCCC[N+]1(CCCNC(=O)c2ccc(N(C)C)cc2)CCCC1. The zero-order chi connectivity index (χ0) is 23.1. The molecule has 4 nitrogen and oxygen atoms in total. The number of nitrogens with zero attached hydrogens (tertiary/aromatic N) is 2. The van der Waals surface area contributed by atoms with Crippen LogP contribution < -0.4 is 10.2 Å². The Morgan fingerprint density at radius 3 is 1.91 bits per heavy atom. The van der Waals surface area contributed by atoms with Gasteiger partial charge in [0.15, 0.2) is 0 Å². The summed E-state index contributed by atoms with van der Waals surface area (Å²) in [4.78, 5) is 14.5. The van der Waals surface area contributed by atoms with Gasteiger partial charge in [-0.3, -0.25) is 4.79 Å². The Bertz CT molecular complexity index is 620. The van der Waals surface area contributed by atoms with Gasteiger partial charge in [-0.1, -0.05) is 58.3 Å². The molecule has 0 aliphatic carbocycles. The van der Waals surface area contributed by atoms with Crippen molar-refractivity contribution in [2.45, 2.75) is 90.4 Å². The van der Waals surface area contributed by atoms with Gasteiger partial charge in [0.2, 0.25) is 0 Å². The van der Waals surface area contributed by atoms with Gasteiger partial charge in [-0.2, -0.15) is 0 Å². The molecule has 1 aliphatic rings. The molecule has 0 unspecified atom stereocenters. The second kappa shape index (κ2) is 15.3. The topological polar surface area (TPSA) is 32.3 Å². The van der Waals surface area contributed by atoms with Crippen LogP contribution in [0.2, 0.25) is 0 Å². The first kappa shape index (κ1) is 26.7. The molecule has 0 saturated carbocycles. The third kappa shape index (κ3) is 9.94. The summed E-state index contributed by atoms with van der Waals surface area (Å²) in [6, 6.07) is 7.85. The number of quaternary nitrogens is 1. The smallest absolute Gasteiger partial charge is 0.251 e. The monoisotopic (exact) mass is 444 g/mol. The Hall–Kier alpha value is -1.55. The molecule has 1 N–H and O–H groups in total. The third-order valence-corrected chi connectivity index (χ3v) is 7.24. The predicted octanol–water partition coefficient (Wildman–Crippen LogP) is 6.40. The fraction of sp³-hybridized carbons (Fsp3) is 0.750. The molecule has 1 heterocycles. The second-order valence-electron chi connectivity index (χ2n) is 10.2. The van der Waals surface area contributed by atoms with E-state index in [9.17, 15) is 4.79 Å². The molecule has 0 radical (unpaired) electrons. The molecule has 1 aliphatic heterocycles. The normalized spacial score (nSPS) is 15.1. The number of hydrogen-bond donors (Lipinski definition) is 1. The third-order valence-electron chi connectivity index (χ3n) is 7.24. The fourth-order valence-corrected chi connectivity index (χ4v) is 5.13. The first-order valence-corrected chi connectivity index (χ1v) is 13.5. The lowest BCUT2D eigenvalue weighted by Crippen LogP contribution is -2.47. The highest BCUT2D eigenvalue weighted by molar-refractivity contribution is 5.94. The highest BCUT2D eigenvalue weighted by atomic mass is 16.1. The summed E-state index contributed by atoms with van der Waals surface area (Å²) in [5.74, 6) is 0.0537. The Morgan fingerprint density at radius 1 is 0.812 bits per heavy atom. The minimum atomic E-state index is 0.0537. The van der Waals surface area contributed by atoms with Gasteiger partial charge in [0.05, 0.1) is 26.2 Å². The van der Waals surface area contributed by atoms with Crippen molar-refractivity contribution < 1.29 is 9.28 Å². The Labute approximate surface area is 198 Å². The number of hydrogen-bond acceptors (Lipinski definition) is 2. The number of unbranched alkanes of at least 4 members (excludes halogenated alkanes) is 9. The van der Waals surface area contributed by atoms with E-state index in [1.54, 1.807) is 0 Å². The van der Waals surface area contributed by atoms with Gasteiger partial charge in [0.1, 0.15) is 0 Å². The first-order valence-electron chi connectivity index (χ1n) is 13.5. The summed E-state index contributed by atoms with van der Waals surface area (Å²) in [5.41, 5.74) is 1.88. The number of rotatable bonds is 17. The zero-order valence-corrected chi connectivity index (χ0v) is 21.3. The van der Waals surface area contributed by atoms with Crippen LogP contribution >= 0.6 is 0 Å². The summed E-state index contributed by atoms with van der Waals surface area (Å²) in [5, 5.41) is 3.13. The second-order valence-corrected chi connectivity index (χ2v) is 10.2. The predicted molar refractivity (Wildman–Crippen MR) is 139 cm³/mol. The number of anilines is 1. The lowest BCUT2D eigenvalue weighted by atomic mass is 10.1. The van der Waals surface area contributed by atoms with Crippen LogP contribution in [0.4, 0.5) is 5.69 Å². The van der Waals surface area contributed by atoms with Crippen molar-refractivity contribution in [1.29, 1.82) is 0 Å². The van der Waals surface area contributed by atoms with E-state index in [1.165, 1.54) is 108 Å². The largest absolute Gasteiger partial charge is 0.378 e. The summed E-state index contributed by atoms with van der Waals surface area (Å²) in [7, 11) is 4.03. The molecular formula is C28H50N3O+. The average Bonchev–Trinajstić information content (AvgIpc) is 3.27. The van der Waals surface area contributed by atoms with Gasteiger partial charge in [0, 0.05) is 51.2 Å². The van der Waals surface area contributed by atoms with Gasteiger partial charge in [-0.15, -0.1) is 0 Å². The van der Waals surface area contributed by atoms with Gasteiger partial charge in [-0.05, 0) is 37.1 Å². The number of carbonyl (C=O) groups excluding carboxylic acids is 1. The molecule has 0 spiro atoms. The van der Waals surface area contributed by atoms with Crippen LogP contribution in [0.3, 0.4) is 0 Å². The van der Waals surface area contributed by atoms with E-state index in [4.69, 9.17) is 0 Å². The maximum absolute atomic E-state index is 12.4. The molecule has 1 amide bonds. The van der Waals surface area contributed by atoms with E-state index < -0.39 is 0 Å². The van der Waals surface area contributed by atoms with Crippen molar-refractivity contribution in [2.24, 2.45) is 0 Å². The summed E-state index contributed by atoms with van der Waals surface area (Å²) >= 11 is 0. The molecule has 0 bridgehead atoms. The Balaban J connectivity index is 1.58. The minimum Gasteiger partial charge on any atom is -0.378 e. The molecular weight excluding hydrogens is 394 g/mol. The van der Waals surface area contributed by atoms with Crippen LogP contribution in [0.25, 0.3) is 0 Å². The van der Waals surface area contributed by atoms with E-state index in [1.807, 2.05) is 38.4 Å². The Kier molecular flexibility index (Phi) is 12.8. The molecule has 4 heteroatoms. The van der Waals surface area contributed by atoms with Gasteiger partial charge < -0.3 is 14.7 Å². The van der Waals surface area contributed by atoms with Crippen molar-refractivity contribution in [1.82, 2.24) is 5.32 Å². The molecule has 182 valence electrons. The van der Waals surface area contributed by atoms with Crippen LogP contribution in [-0.2, 0) is 0 Å². The molecule has 0 atom stereocenters. The van der Waals surface area contributed by atoms with Crippen LogP contribution in [-0.4, -0.2) is 57.2 Å². The summed E-state index contributed by atoms with van der Waals surface area (Å²) in [6.45, 7) is 8.33. The number of benzene rings is 1. The molecule has 32 heavy (non-hydrogen) atoms. The quantitative estimate of drug-likeness (QED) is 0.223. The van der Waals surface area contributed by atoms with E-state index in [0.717, 1.165) is 24.2 Å². The van der Waals surface area contributed by atoms with Gasteiger partial charge in [-0.25, -0.2) is 0 Å². The molecule has 0 aromatic heterocycles. The molecule has 1 fully saturated rings. The summed E-state index contributed by atoms with van der Waals surface area (Å²) < 4.78 is 1.30. The molecule has 2 rings (SSSR count).